The highest BCUT2D eigenvalue weighted by Crippen LogP contribution is 2.57. The van der Waals surface area contributed by atoms with Crippen molar-refractivity contribution in [3.63, 3.8) is 0 Å². The summed E-state index contributed by atoms with van der Waals surface area (Å²) in [6.07, 6.45) is -0.00897. The second kappa shape index (κ2) is 6.13. The molecule has 0 atom stereocenters. The number of allylic oxidation sites excluding steroid dienone is 1. The van der Waals surface area contributed by atoms with Gasteiger partial charge >= 0.3 is 7.60 Å². The van der Waals surface area contributed by atoms with Gasteiger partial charge in [-0.05, 0) is 34.6 Å². The lowest BCUT2D eigenvalue weighted by atomic mass is 10.5. The van der Waals surface area contributed by atoms with Crippen molar-refractivity contribution in [2.45, 2.75) is 46.8 Å². The van der Waals surface area contributed by atoms with E-state index in [0.717, 1.165) is 0 Å². The third-order valence-electron chi connectivity index (χ3n) is 1.42. The predicted molar refractivity (Wildman–Crippen MR) is 60.8 cm³/mol. The first-order chi connectivity index (χ1) is 7.17. The summed E-state index contributed by atoms with van der Waals surface area (Å²) in [5.74, 6) is 0. The zero-order valence-electron chi connectivity index (χ0n) is 10.2. The molecule has 0 N–H and O–H groups in total. The molecule has 0 saturated carbocycles. The van der Waals surface area contributed by atoms with E-state index < -0.39 is 12.5 Å². The van der Waals surface area contributed by atoms with Crippen LogP contribution in [-0.2, 0) is 13.6 Å². The van der Waals surface area contributed by atoms with E-state index in [2.05, 4.69) is 0 Å². The maximum absolute atomic E-state index is 12.3. The molecule has 0 aliphatic rings. The maximum Gasteiger partial charge on any atom is 0.363 e. The molecule has 0 fully saturated rings. The van der Waals surface area contributed by atoms with Gasteiger partial charge in [0.05, 0.1) is 17.1 Å². The Kier molecular flexibility index (Phi) is 5.86. The van der Waals surface area contributed by atoms with E-state index >= 15 is 0 Å². The topological polar surface area (TPSA) is 78.7 Å². The van der Waals surface area contributed by atoms with Gasteiger partial charge in [-0.15, -0.1) is 0 Å². The summed E-state index contributed by atoms with van der Waals surface area (Å²) < 4.78 is 22.6. The van der Waals surface area contributed by atoms with Gasteiger partial charge in [-0.1, -0.05) is 0 Å². The van der Waals surface area contributed by atoms with Gasteiger partial charge in [0.25, 0.3) is 0 Å². The molecule has 0 aliphatic heterocycles. The quantitative estimate of drug-likeness (QED) is 0.411. The van der Waals surface area contributed by atoms with Crippen molar-refractivity contribution in [3.8, 4) is 0 Å². The first-order valence-corrected chi connectivity index (χ1v) is 6.51. The van der Waals surface area contributed by atoms with Crippen molar-refractivity contribution in [2.75, 3.05) is 0 Å². The summed E-state index contributed by atoms with van der Waals surface area (Å²) >= 11 is 0. The number of nitro groups is 1. The van der Waals surface area contributed by atoms with Crippen LogP contribution in [0.1, 0.15) is 34.6 Å². The van der Waals surface area contributed by atoms with Crippen molar-refractivity contribution in [1.82, 2.24) is 0 Å². The molecule has 7 heteroatoms. The van der Waals surface area contributed by atoms with Gasteiger partial charge in [-0.3, -0.25) is 14.7 Å². The van der Waals surface area contributed by atoms with Crippen LogP contribution in [-0.4, -0.2) is 17.1 Å². The minimum atomic E-state index is -3.56. The zero-order valence-corrected chi connectivity index (χ0v) is 11.1. The first-order valence-electron chi connectivity index (χ1n) is 4.96. The Morgan fingerprint density at radius 3 is 1.88 bits per heavy atom. The van der Waals surface area contributed by atoms with Crippen molar-refractivity contribution in [2.24, 2.45) is 0 Å². The number of hydrogen-bond donors (Lipinski definition) is 0. The van der Waals surface area contributed by atoms with Crippen LogP contribution in [0.3, 0.4) is 0 Å². The lowest BCUT2D eigenvalue weighted by Gasteiger charge is -2.22. The Morgan fingerprint density at radius 1 is 1.25 bits per heavy atom. The van der Waals surface area contributed by atoms with Crippen LogP contribution in [0.2, 0.25) is 0 Å². The summed E-state index contributed by atoms with van der Waals surface area (Å²) in [5, 5.41) is 10.3. The number of hydrogen-bond acceptors (Lipinski definition) is 5. The van der Waals surface area contributed by atoms with Crippen molar-refractivity contribution < 1.29 is 18.5 Å². The fourth-order valence-electron chi connectivity index (χ4n) is 0.969. The summed E-state index contributed by atoms with van der Waals surface area (Å²) in [6.45, 7) is 8.13. The molecule has 0 amide bonds. The van der Waals surface area contributed by atoms with E-state index in [-0.39, 0.29) is 17.5 Å². The van der Waals surface area contributed by atoms with Crippen molar-refractivity contribution in [1.29, 1.82) is 0 Å². The van der Waals surface area contributed by atoms with Gasteiger partial charge in [-0.2, -0.15) is 0 Å². The van der Waals surface area contributed by atoms with Gasteiger partial charge in [0.2, 0.25) is 6.20 Å². The van der Waals surface area contributed by atoms with E-state index in [9.17, 15) is 14.7 Å². The maximum atomic E-state index is 12.3. The van der Waals surface area contributed by atoms with Gasteiger partial charge in [0.15, 0.2) is 0 Å². The second-order valence-electron chi connectivity index (χ2n) is 3.86. The molecular weight excluding hydrogens is 233 g/mol. The first kappa shape index (κ1) is 15.3. The summed E-state index contributed by atoms with van der Waals surface area (Å²) in [4.78, 5) is 9.65. The average molecular weight is 251 g/mol. The lowest BCUT2D eigenvalue weighted by Crippen LogP contribution is -2.09. The number of rotatable bonds is 6. The molecule has 0 rings (SSSR count). The van der Waals surface area contributed by atoms with Gasteiger partial charge < -0.3 is 9.05 Å². The molecular formula is C9H18NO5P. The monoisotopic (exact) mass is 251 g/mol. The fraction of sp³-hybridized carbons (Fsp3) is 0.778. The Hall–Kier alpha value is -0.710. The van der Waals surface area contributed by atoms with Gasteiger partial charge in [-0.25, -0.2) is 0 Å². The van der Waals surface area contributed by atoms with Crippen LogP contribution in [0.25, 0.3) is 0 Å². The van der Waals surface area contributed by atoms with E-state index in [1.165, 1.54) is 6.92 Å². The normalized spacial score (nSPS) is 13.6. The van der Waals surface area contributed by atoms with Crippen LogP contribution in [0.5, 0.6) is 0 Å². The molecule has 0 unspecified atom stereocenters. The molecule has 0 aromatic rings. The predicted octanol–water partition coefficient (Wildman–Crippen LogP) is 3.17. The fourth-order valence-corrected chi connectivity index (χ4v) is 2.70. The van der Waals surface area contributed by atoms with E-state index in [0.29, 0.717) is 6.20 Å². The summed E-state index contributed by atoms with van der Waals surface area (Å²) in [5.41, 5.74) is 0. The number of nitrogens with zero attached hydrogens (tertiary/aromatic N) is 1. The van der Waals surface area contributed by atoms with Gasteiger partial charge in [0, 0.05) is 0 Å². The molecule has 6 nitrogen and oxygen atoms in total. The molecule has 0 aromatic heterocycles. The largest absolute Gasteiger partial charge is 0.363 e. The van der Waals surface area contributed by atoms with E-state index in [1.54, 1.807) is 27.7 Å². The Bertz CT molecular complexity index is 310. The minimum Gasteiger partial charge on any atom is -0.303 e. The third-order valence-corrected chi connectivity index (χ3v) is 3.80. The van der Waals surface area contributed by atoms with E-state index in [1.807, 2.05) is 0 Å². The molecule has 0 spiro atoms. The average Bonchev–Trinajstić information content (AvgIpc) is 1.98. The Labute approximate surface area is 95.3 Å². The third kappa shape index (κ3) is 5.39. The minimum absolute atomic E-state index is 0.0000926. The summed E-state index contributed by atoms with van der Waals surface area (Å²) in [7, 11) is -3.56. The van der Waals surface area contributed by atoms with Crippen LogP contribution >= 0.6 is 7.60 Å². The van der Waals surface area contributed by atoms with Crippen LogP contribution in [0.15, 0.2) is 11.5 Å². The molecule has 0 aliphatic carbocycles. The van der Waals surface area contributed by atoms with Crippen molar-refractivity contribution in [3.05, 3.63) is 21.6 Å². The van der Waals surface area contributed by atoms with Crippen molar-refractivity contribution >= 4 is 7.60 Å². The smallest absolute Gasteiger partial charge is 0.303 e. The molecule has 0 aromatic carbocycles. The molecule has 94 valence electrons. The standard InChI is InChI=1S/C9H18NO5P/c1-7(2)14-16(13,15-8(3)4)9(5)6-10(11)12/h6-8H,1-5H3/b9-6+. The second-order valence-corrected chi connectivity index (χ2v) is 5.98. The highest BCUT2D eigenvalue weighted by atomic mass is 31.2. The molecule has 0 saturated heterocycles. The molecule has 0 heterocycles. The lowest BCUT2D eigenvalue weighted by molar-refractivity contribution is -0.403. The Balaban J connectivity index is 5.07. The van der Waals surface area contributed by atoms with Crippen LogP contribution in [0, 0.1) is 10.1 Å². The molecule has 0 radical (unpaired) electrons. The summed E-state index contributed by atoms with van der Waals surface area (Å²) in [6, 6.07) is 0. The Morgan fingerprint density at radius 2 is 1.62 bits per heavy atom. The SMILES string of the molecule is C/C(=C\[N+](=O)[O-])P(=O)(OC(C)C)OC(C)C. The molecule has 0 bridgehead atoms. The van der Waals surface area contributed by atoms with E-state index in [4.69, 9.17) is 9.05 Å². The van der Waals surface area contributed by atoms with Gasteiger partial charge in [0.1, 0.15) is 5.31 Å². The zero-order chi connectivity index (χ0) is 12.9. The highest BCUT2D eigenvalue weighted by Gasteiger charge is 2.32. The van der Waals surface area contributed by atoms with Crippen LogP contribution in [0.4, 0.5) is 0 Å². The van der Waals surface area contributed by atoms with Crippen LogP contribution < -0.4 is 0 Å². The molecule has 16 heavy (non-hydrogen) atoms. The highest BCUT2D eigenvalue weighted by molar-refractivity contribution is 7.58.